The highest BCUT2D eigenvalue weighted by molar-refractivity contribution is 7.98. The standard InChI is InChI=1S/C22H13Cl3N6OS.C13H9ClN4S.C10H8Cl3NO2.2C9H5Cl3N2O.C7H6Cl2N2O.C2H3N/c23-15-6-5-14(11-17(15)25)21-29-27-19(32-21)12-33-22-30-28-20(13-7-9-26-10-8-13)31(22)18-4-2-1-3-16(18)24;14-10-3-1-2-4-11(10)18-12(16-17-13(18)19)9-5-7-15-8-6-9;11-4-7(15)5-14-10(16)6-1-2-8(12)9(13)3-6;2*10-4-8-13-14-9(15-8)5-1-2-6(11)7(12)3-5;8-5-2-1-4(3-6(5)9)7(12)11-10;1-2-3/h1-11H,12H2;1-8H,(H,17,19);1-3H,4-5H2,(H,14,16);2*1-3H,4H2;1-3H,10H2,(H,11,12);1H3. The maximum absolute atomic E-state index is 11.5. The van der Waals surface area contributed by atoms with Crippen molar-refractivity contribution in [3.8, 4) is 74.6 Å². The third kappa shape index (κ3) is 26.3. The summed E-state index contributed by atoms with van der Waals surface area (Å²) in [5, 5.41) is 54.9. The highest BCUT2D eigenvalue weighted by Crippen LogP contribution is 2.36. The van der Waals surface area contributed by atoms with E-state index in [1.54, 1.807) is 85.5 Å². The number of carbonyl (C=O) groups excluding carboxylic acids is 3. The Morgan fingerprint density at radius 3 is 1.26 bits per heavy atom. The zero-order valence-corrected chi connectivity index (χ0v) is 70.2. The van der Waals surface area contributed by atoms with Crippen molar-refractivity contribution in [1.82, 2.24) is 80.8 Å². The van der Waals surface area contributed by atoms with Crippen LogP contribution in [0.4, 0.5) is 0 Å². The van der Waals surface area contributed by atoms with Crippen molar-refractivity contribution in [2.24, 2.45) is 5.84 Å². The fraction of sp³-hybridized carbons (Fsp3) is 0.0833. The van der Waals surface area contributed by atoms with Crippen LogP contribution >= 0.6 is 198 Å². The number of rotatable bonds is 17. The van der Waals surface area contributed by atoms with Crippen LogP contribution in [0.2, 0.25) is 60.3 Å². The van der Waals surface area contributed by atoms with Gasteiger partial charge in [0, 0.05) is 70.7 Å². The summed E-state index contributed by atoms with van der Waals surface area (Å²) in [6, 6.07) is 48.6. The quantitative estimate of drug-likeness (QED) is 0.0164. The number of para-hydroxylation sites is 2. The van der Waals surface area contributed by atoms with E-state index in [9.17, 15) is 14.4 Å². The lowest BCUT2D eigenvalue weighted by Gasteiger charge is -2.11. The number of Topliss-reactive ketones (excluding diaryl/α,β-unsaturated/α-hetero) is 1. The number of nitrogens with zero attached hydrogens (tertiary/aromatic N) is 14. The van der Waals surface area contributed by atoms with Gasteiger partial charge in [-0.15, -0.1) is 75.6 Å². The van der Waals surface area contributed by atoms with E-state index in [-0.39, 0.29) is 35.0 Å². The number of aromatic amines is 1. The minimum absolute atomic E-state index is 0.0947. The summed E-state index contributed by atoms with van der Waals surface area (Å²) >= 11 is 93.9. The maximum atomic E-state index is 11.5. The molecule has 7 aromatic carbocycles. The Balaban J connectivity index is 0.000000175. The van der Waals surface area contributed by atoms with Crippen molar-refractivity contribution in [3.63, 3.8) is 0 Å². The second-order valence-electron chi connectivity index (χ2n) is 21.5. The molecule has 7 aromatic heterocycles. The molecule has 2 amide bonds. The number of amides is 2. The molecule has 5 N–H and O–H groups in total. The molecule has 0 spiro atoms. The Morgan fingerprint density at radius 1 is 0.469 bits per heavy atom. The normalized spacial score (nSPS) is 10.3. The summed E-state index contributed by atoms with van der Waals surface area (Å²) in [5.74, 6) is 8.16. The van der Waals surface area contributed by atoms with Gasteiger partial charge in [-0.25, -0.2) is 5.84 Å². The van der Waals surface area contributed by atoms with E-state index in [1.807, 2.05) is 87.4 Å². The van der Waals surface area contributed by atoms with E-state index in [4.69, 9.17) is 211 Å². The largest absolute Gasteiger partial charge is 0.420 e. The molecule has 0 saturated carbocycles. The van der Waals surface area contributed by atoms with Gasteiger partial charge in [0.05, 0.1) is 95.9 Å². The number of thioether (sulfide) groups is 1. The SMILES string of the molecule is CC#N.ClCc1nnc(-c2ccc(Cl)c(Cl)c2)o1.ClCc1nnc(-c2ccc(Cl)c(Cl)c2)o1.Clc1ccc(-c2nnc(CSc3nnc(-c4ccncc4)n3-c3ccccc3Cl)o2)cc1Cl.NNC(=O)c1ccc(Cl)c(Cl)c1.O=C(CCl)CNC(=O)c1ccc(Cl)c(Cl)c1.S=c1[nH]nc(-c2ccncc2)n1-c1ccccc1Cl. The molecule has 0 radical (unpaired) electrons. The third-order valence-electron chi connectivity index (χ3n) is 13.9. The van der Waals surface area contributed by atoms with E-state index >= 15 is 0 Å². The van der Waals surface area contributed by atoms with Crippen molar-refractivity contribution in [1.29, 1.82) is 5.26 Å². The van der Waals surface area contributed by atoms with Crippen LogP contribution in [0.25, 0.3) is 68.5 Å². The first kappa shape index (κ1) is 90.1. The summed E-state index contributed by atoms with van der Waals surface area (Å²) in [6.07, 6.45) is 6.83. The highest BCUT2D eigenvalue weighted by Gasteiger charge is 2.21. The van der Waals surface area contributed by atoms with Gasteiger partial charge < -0.3 is 18.6 Å². The number of halogens is 15. The monoisotopic (exact) mass is 1850 g/mol. The number of nitrogens with two attached hydrogens (primary N) is 1. The number of H-pyrrole nitrogens is 1. The first-order chi connectivity index (χ1) is 54.4. The number of ketones is 1. The molecule has 580 valence electrons. The van der Waals surface area contributed by atoms with Crippen LogP contribution in [-0.4, -0.2) is 100 Å². The Hall–Kier alpha value is -8.48. The van der Waals surface area contributed by atoms with Crippen LogP contribution in [0.15, 0.2) is 207 Å². The number of hydrazine groups is 1. The fourth-order valence-corrected chi connectivity index (χ4v) is 12.0. The van der Waals surface area contributed by atoms with Crippen molar-refractivity contribution in [3.05, 3.63) is 282 Å². The number of hydrogen-bond donors (Lipinski definition) is 4. The molecule has 0 bridgehead atoms. The minimum Gasteiger partial charge on any atom is -0.420 e. The summed E-state index contributed by atoms with van der Waals surface area (Å²) in [6.45, 7) is 1.34. The minimum atomic E-state index is -0.395. The number of nitrogen functional groups attached to an aromatic ring is 1. The lowest BCUT2D eigenvalue weighted by atomic mass is 10.2. The Labute approximate surface area is 727 Å². The summed E-state index contributed by atoms with van der Waals surface area (Å²) in [5.41, 5.74) is 8.18. The molecule has 7 heterocycles. The first-order valence-electron chi connectivity index (χ1n) is 31.5. The molecule has 0 atom stereocenters. The Kier molecular flexibility index (Phi) is 36.3. The molecule has 41 heteroatoms. The molecular weight excluding hydrogens is 1810 g/mol. The van der Waals surface area contributed by atoms with Gasteiger partial charge in [-0.2, -0.15) is 10.4 Å². The Bertz CT molecular complexity index is 5570. The number of benzene rings is 7. The smallest absolute Gasteiger partial charge is 0.265 e. The average Bonchev–Trinajstić information content (AvgIpc) is 1.68. The molecule has 0 saturated heterocycles. The van der Waals surface area contributed by atoms with Gasteiger partial charge in [-0.3, -0.25) is 44.0 Å². The van der Waals surface area contributed by atoms with Crippen LogP contribution in [0, 0.1) is 16.1 Å². The van der Waals surface area contributed by atoms with Gasteiger partial charge >= 0.3 is 0 Å². The van der Waals surface area contributed by atoms with E-state index < -0.39 is 11.8 Å². The van der Waals surface area contributed by atoms with Crippen LogP contribution in [0.5, 0.6) is 0 Å². The van der Waals surface area contributed by atoms with Crippen LogP contribution in [0.1, 0.15) is 45.3 Å². The van der Waals surface area contributed by atoms with E-state index in [2.05, 4.69) is 66.3 Å². The molecule has 0 aliphatic rings. The number of aromatic nitrogens is 14. The lowest BCUT2D eigenvalue weighted by Crippen LogP contribution is -2.30. The fourth-order valence-electron chi connectivity index (χ4n) is 8.73. The van der Waals surface area contributed by atoms with Gasteiger partial charge in [0.25, 0.3) is 11.8 Å². The average molecular weight is 1860 g/mol. The van der Waals surface area contributed by atoms with E-state index in [0.717, 1.165) is 22.5 Å². The summed E-state index contributed by atoms with van der Waals surface area (Å²) in [7, 11) is 0. The second-order valence-corrected chi connectivity index (χ2v) is 28.5. The van der Waals surface area contributed by atoms with Gasteiger partial charge in [0.2, 0.25) is 35.3 Å². The zero-order chi connectivity index (χ0) is 81.7. The van der Waals surface area contributed by atoms with Gasteiger partial charge in [0.15, 0.2) is 27.4 Å². The molecule has 0 fully saturated rings. The van der Waals surface area contributed by atoms with Crippen molar-refractivity contribution in [2.75, 3.05) is 12.4 Å². The molecular formula is C72H49Cl15N18O6S2. The Morgan fingerprint density at radius 2 is 0.858 bits per heavy atom. The first-order valence-corrected chi connectivity index (χ1v) is 39.0. The number of hydrogen-bond acceptors (Lipinski definition) is 21. The highest BCUT2D eigenvalue weighted by atomic mass is 35.5. The van der Waals surface area contributed by atoms with E-state index in [1.165, 1.54) is 55.1 Å². The number of nitrogens with one attached hydrogen (secondary N) is 3. The number of carbonyl (C=O) groups is 3. The number of pyridine rings is 2. The third-order valence-corrected chi connectivity index (χ3v) is 20.2. The molecule has 0 aliphatic heterocycles. The van der Waals surface area contributed by atoms with Gasteiger partial charge in [0.1, 0.15) is 11.8 Å². The topological polar surface area (TPSA) is 332 Å². The molecule has 0 aliphatic carbocycles. The maximum Gasteiger partial charge on any atom is 0.265 e. The molecule has 14 aromatic rings. The molecule has 113 heavy (non-hydrogen) atoms. The van der Waals surface area contributed by atoms with Gasteiger partial charge in [-0.1, -0.05) is 175 Å². The van der Waals surface area contributed by atoms with Crippen molar-refractivity contribution < 1.29 is 27.6 Å². The molecule has 0 unspecified atom stereocenters. The van der Waals surface area contributed by atoms with Crippen LogP contribution < -0.4 is 16.6 Å². The zero-order valence-electron chi connectivity index (χ0n) is 57.2. The van der Waals surface area contributed by atoms with Crippen LogP contribution in [0.3, 0.4) is 0 Å². The molecule has 24 nitrogen and oxygen atoms in total. The van der Waals surface area contributed by atoms with Crippen LogP contribution in [-0.2, 0) is 22.3 Å². The predicted molar refractivity (Wildman–Crippen MR) is 448 cm³/mol. The number of alkyl halides is 3. The van der Waals surface area contributed by atoms with Crippen molar-refractivity contribution >= 4 is 216 Å². The van der Waals surface area contributed by atoms with E-state index in [0.29, 0.717) is 146 Å². The summed E-state index contributed by atoms with van der Waals surface area (Å²) in [4.78, 5) is 41.4. The number of nitriles is 1. The summed E-state index contributed by atoms with van der Waals surface area (Å²) < 4.78 is 20.5. The lowest BCUT2D eigenvalue weighted by molar-refractivity contribution is -0.115. The second kappa shape index (κ2) is 45.6. The van der Waals surface area contributed by atoms with Gasteiger partial charge in [-0.05, 0) is 152 Å². The predicted octanol–water partition coefficient (Wildman–Crippen LogP) is 22.5. The molecule has 14 rings (SSSR count). The van der Waals surface area contributed by atoms with Crippen molar-refractivity contribution in [2.45, 2.75) is 29.6 Å².